The predicted molar refractivity (Wildman–Crippen MR) is 163 cm³/mol. The molecule has 0 aromatic heterocycles. The highest BCUT2D eigenvalue weighted by Gasteiger charge is 2.21. The zero-order valence-corrected chi connectivity index (χ0v) is 27.1. The number of hydrogen-bond acceptors (Lipinski definition) is 4. The van der Waals surface area contributed by atoms with Gasteiger partial charge in [0, 0.05) is 11.4 Å². The zero-order chi connectivity index (χ0) is 29.5. The summed E-state index contributed by atoms with van der Waals surface area (Å²) in [7, 11) is 0. The lowest BCUT2D eigenvalue weighted by atomic mass is 9.84. The first kappa shape index (κ1) is 35.9. The molecule has 1 atom stereocenters. The van der Waals surface area contributed by atoms with Crippen LogP contribution in [-0.4, -0.2) is 17.5 Å². The van der Waals surface area contributed by atoms with E-state index in [1.165, 1.54) is 23.6 Å². The van der Waals surface area contributed by atoms with Gasteiger partial charge in [0.15, 0.2) is 5.76 Å². The third-order valence-electron chi connectivity index (χ3n) is 5.82. The Morgan fingerprint density at radius 3 is 2.11 bits per heavy atom. The maximum Gasteiger partial charge on any atom is 0.303 e. The van der Waals surface area contributed by atoms with Crippen molar-refractivity contribution in [3.63, 3.8) is 0 Å². The van der Waals surface area contributed by atoms with E-state index >= 15 is 0 Å². The first-order valence-corrected chi connectivity index (χ1v) is 14.7. The molecule has 1 aromatic rings. The number of hydrogen-bond donors (Lipinski definition) is 1. The first-order valence-electron chi connectivity index (χ1n) is 13.9. The highest BCUT2D eigenvalue weighted by Crippen LogP contribution is 2.30. The maximum absolute atomic E-state index is 12.9. The van der Waals surface area contributed by atoms with E-state index in [4.69, 9.17) is 9.47 Å². The van der Waals surface area contributed by atoms with Gasteiger partial charge in [0.2, 0.25) is 0 Å². The summed E-state index contributed by atoms with van der Waals surface area (Å²) in [5, 5.41) is 3.16. The smallest absolute Gasteiger partial charge is 0.303 e. The van der Waals surface area contributed by atoms with E-state index in [1.54, 1.807) is 6.26 Å². The molecule has 0 saturated heterocycles. The molecule has 1 unspecified atom stereocenters. The van der Waals surface area contributed by atoms with Crippen LogP contribution in [0.3, 0.4) is 0 Å². The van der Waals surface area contributed by atoms with Crippen LogP contribution in [0.2, 0.25) is 0 Å². The predicted octanol–water partition coefficient (Wildman–Crippen LogP) is 9.36. The van der Waals surface area contributed by atoms with Gasteiger partial charge in [-0.25, -0.2) is 0 Å². The average molecular weight is 595 g/mol. The number of carbonyl (C=O) groups is 2. The monoisotopic (exact) mass is 593 g/mol. The van der Waals surface area contributed by atoms with Crippen molar-refractivity contribution in [2.45, 2.75) is 126 Å². The number of benzene rings is 1. The summed E-state index contributed by atoms with van der Waals surface area (Å²) in [6.07, 6.45) is 8.86. The Morgan fingerprint density at radius 1 is 1.05 bits per heavy atom. The lowest BCUT2D eigenvalue weighted by Gasteiger charge is -2.24. The highest BCUT2D eigenvalue weighted by atomic mass is 79.9. The fourth-order valence-corrected chi connectivity index (χ4v) is 4.19. The minimum atomic E-state index is -0.328. The number of esters is 1. The van der Waals surface area contributed by atoms with Crippen LogP contribution in [0.5, 0.6) is 0 Å². The van der Waals surface area contributed by atoms with Crippen molar-refractivity contribution in [2.75, 3.05) is 0 Å². The van der Waals surface area contributed by atoms with Crippen LogP contribution in [0.25, 0.3) is 0 Å². The van der Waals surface area contributed by atoms with Crippen molar-refractivity contribution in [2.24, 2.45) is 5.41 Å². The standard InChI is InChI=1S/C26H40BrNO2.C6H12O2/c1-8-11-13-21(26(5,6)7)18-30-19(4)25(29)28-24(14-12-9-2)23-16-15-22(27)17-20(23)10-3;1-5(7)8-6(2,3)4/h15-18,24H,4,8-14H2,1-3,5-7H3,(H,28,29);1-4H3/b21-18+;. The van der Waals surface area contributed by atoms with Crippen molar-refractivity contribution in [1.29, 1.82) is 0 Å². The molecule has 0 spiro atoms. The van der Waals surface area contributed by atoms with Gasteiger partial charge in [-0.15, -0.1) is 0 Å². The number of rotatable bonds is 12. The SMILES string of the molecule is C=C(O/C=C(\CCCC)C(C)(C)C)C(=O)NC(CCCC)c1ccc(Br)cc1CC.CC(=O)OC(C)(C)C. The number of nitrogens with one attached hydrogen (secondary N) is 1. The van der Waals surface area contributed by atoms with Gasteiger partial charge < -0.3 is 14.8 Å². The maximum atomic E-state index is 12.9. The number of carbonyl (C=O) groups excluding carboxylic acids is 2. The fraction of sp³-hybridized carbons (Fsp3) is 0.625. The second kappa shape index (κ2) is 17.5. The van der Waals surface area contributed by atoms with Crippen molar-refractivity contribution in [1.82, 2.24) is 5.32 Å². The van der Waals surface area contributed by atoms with Crippen LogP contribution >= 0.6 is 15.9 Å². The van der Waals surface area contributed by atoms with Gasteiger partial charge in [-0.2, -0.15) is 0 Å². The largest absolute Gasteiger partial charge is 0.460 e. The summed E-state index contributed by atoms with van der Waals surface area (Å²) in [5.74, 6) is -0.330. The van der Waals surface area contributed by atoms with E-state index in [2.05, 4.69) is 81.5 Å². The first-order chi connectivity index (χ1) is 17.5. The number of unbranched alkanes of at least 4 members (excludes halogenated alkanes) is 2. The molecule has 1 aromatic carbocycles. The molecule has 0 aliphatic heterocycles. The molecule has 5 nitrogen and oxygen atoms in total. The molecule has 6 heteroatoms. The zero-order valence-electron chi connectivity index (χ0n) is 25.6. The van der Waals surface area contributed by atoms with Crippen LogP contribution in [0, 0.1) is 5.41 Å². The van der Waals surface area contributed by atoms with E-state index < -0.39 is 0 Å². The molecule has 0 radical (unpaired) electrons. The van der Waals surface area contributed by atoms with Crippen molar-refractivity contribution < 1.29 is 19.1 Å². The number of ether oxygens (including phenoxy) is 2. The quantitative estimate of drug-likeness (QED) is 0.149. The van der Waals surface area contributed by atoms with E-state index in [0.29, 0.717) is 0 Å². The van der Waals surface area contributed by atoms with Crippen molar-refractivity contribution in [3.8, 4) is 0 Å². The molecular formula is C32H52BrNO4. The van der Waals surface area contributed by atoms with Crippen LogP contribution in [0.15, 0.2) is 46.8 Å². The molecule has 216 valence electrons. The second-order valence-corrected chi connectivity index (χ2v) is 12.5. The van der Waals surface area contributed by atoms with Gasteiger partial charge in [-0.05, 0) is 80.7 Å². The Labute approximate surface area is 241 Å². The molecule has 0 bridgehead atoms. The van der Waals surface area contributed by atoms with Crippen LogP contribution in [0.4, 0.5) is 0 Å². The van der Waals surface area contributed by atoms with Gasteiger partial charge in [-0.1, -0.05) is 89.4 Å². The molecule has 0 aliphatic rings. The van der Waals surface area contributed by atoms with Gasteiger partial charge in [0.05, 0.1) is 12.3 Å². The summed E-state index contributed by atoms with van der Waals surface area (Å²) >= 11 is 3.55. The van der Waals surface area contributed by atoms with E-state index in [-0.39, 0.29) is 34.7 Å². The molecule has 0 aliphatic carbocycles. The molecular weight excluding hydrogens is 542 g/mol. The molecule has 0 fully saturated rings. The Morgan fingerprint density at radius 2 is 1.66 bits per heavy atom. The molecule has 0 saturated carbocycles. The third-order valence-corrected chi connectivity index (χ3v) is 6.32. The Balaban J connectivity index is 0.00000147. The van der Waals surface area contributed by atoms with Crippen LogP contribution < -0.4 is 5.32 Å². The lowest BCUT2D eigenvalue weighted by Crippen LogP contribution is -2.30. The Bertz CT molecular complexity index is 922. The topological polar surface area (TPSA) is 64.6 Å². The minimum absolute atomic E-state index is 0.00302. The summed E-state index contributed by atoms with van der Waals surface area (Å²) in [4.78, 5) is 23.1. The number of halogens is 1. The van der Waals surface area contributed by atoms with Gasteiger partial charge in [0.25, 0.3) is 5.91 Å². The van der Waals surface area contributed by atoms with E-state index in [9.17, 15) is 9.59 Å². The van der Waals surface area contributed by atoms with E-state index in [0.717, 1.165) is 49.4 Å². The normalized spacial score (nSPS) is 12.7. The van der Waals surface area contributed by atoms with E-state index in [1.807, 2.05) is 26.8 Å². The Hall–Kier alpha value is -2.08. The summed E-state index contributed by atoms with van der Waals surface area (Å²) in [6, 6.07) is 6.23. The molecule has 1 amide bonds. The van der Waals surface area contributed by atoms with Gasteiger partial charge in [-0.3, -0.25) is 9.59 Å². The number of amides is 1. The molecule has 1 rings (SSSR count). The lowest BCUT2D eigenvalue weighted by molar-refractivity contribution is -0.151. The molecule has 38 heavy (non-hydrogen) atoms. The third kappa shape index (κ3) is 15.4. The van der Waals surface area contributed by atoms with Gasteiger partial charge >= 0.3 is 5.97 Å². The Kier molecular flexibility index (Phi) is 16.5. The number of aryl methyl sites for hydroxylation is 1. The number of allylic oxidation sites excluding steroid dienone is 1. The van der Waals surface area contributed by atoms with Crippen molar-refractivity contribution >= 4 is 27.8 Å². The summed E-state index contributed by atoms with van der Waals surface area (Å²) in [5.41, 5.74) is 3.28. The summed E-state index contributed by atoms with van der Waals surface area (Å²) < 4.78 is 11.6. The summed E-state index contributed by atoms with van der Waals surface area (Å²) in [6.45, 7) is 23.8. The molecule has 0 heterocycles. The minimum Gasteiger partial charge on any atom is -0.460 e. The van der Waals surface area contributed by atoms with Crippen molar-refractivity contribution in [3.05, 3.63) is 58.0 Å². The average Bonchev–Trinajstić information content (AvgIpc) is 2.79. The van der Waals surface area contributed by atoms with Gasteiger partial charge in [0.1, 0.15) is 5.60 Å². The fourth-order valence-electron chi connectivity index (χ4n) is 3.78. The molecule has 1 N–H and O–H groups in total. The van der Waals surface area contributed by atoms with Crippen LogP contribution in [0.1, 0.15) is 125 Å². The highest BCUT2D eigenvalue weighted by molar-refractivity contribution is 9.10. The van der Waals surface area contributed by atoms with Crippen LogP contribution in [-0.2, 0) is 25.5 Å². The second-order valence-electron chi connectivity index (χ2n) is 11.6.